The molecule has 0 aliphatic carbocycles. The first-order valence-electron chi connectivity index (χ1n) is 6.73. The number of rotatable bonds is 4. The quantitative estimate of drug-likeness (QED) is 0.794. The van der Waals surface area contributed by atoms with E-state index < -0.39 is 0 Å². The number of phenolic OH excluding ortho intramolecular Hbond substituents is 1. The standard InChI is InChI=1S/C17H15ClN2O/c18-15-5-1-13(2-6-15)11-17-19-9-10-20(17)12-14-3-7-16(21)8-4-14/h1-10,21H,11-12H2. The fraction of sp³-hybridized carbons (Fsp3) is 0.118. The van der Waals surface area contributed by atoms with E-state index in [1.165, 1.54) is 5.56 Å². The number of halogens is 1. The molecule has 0 atom stereocenters. The Morgan fingerprint density at radius 3 is 2.33 bits per heavy atom. The van der Waals surface area contributed by atoms with Crippen LogP contribution < -0.4 is 0 Å². The molecule has 106 valence electrons. The van der Waals surface area contributed by atoms with Crippen molar-refractivity contribution in [1.29, 1.82) is 0 Å². The molecule has 21 heavy (non-hydrogen) atoms. The molecular formula is C17H15ClN2O. The monoisotopic (exact) mass is 298 g/mol. The molecule has 3 nitrogen and oxygen atoms in total. The second kappa shape index (κ2) is 6.02. The molecule has 2 aromatic carbocycles. The average Bonchev–Trinajstić information content (AvgIpc) is 2.91. The summed E-state index contributed by atoms with van der Waals surface area (Å²) >= 11 is 5.90. The Balaban J connectivity index is 1.77. The molecule has 3 aromatic rings. The van der Waals surface area contributed by atoms with Crippen LogP contribution in [0.25, 0.3) is 0 Å². The van der Waals surface area contributed by atoms with E-state index >= 15 is 0 Å². The van der Waals surface area contributed by atoms with Gasteiger partial charge in [-0.3, -0.25) is 0 Å². The lowest BCUT2D eigenvalue weighted by Gasteiger charge is -2.08. The molecule has 0 radical (unpaired) electrons. The molecule has 4 heteroatoms. The van der Waals surface area contributed by atoms with E-state index in [4.69, 9.17) is 11.6 Å². The van der Waals surface area contributed by atoms with Crippen LogP contribution in [0.3, 0.4) is 0 Å². The Morgan fingerprint density at radius 1 is 0.952 bits per heavy atom. The summed E-state index contributed by atoms with van der Waals surface area (Å²) in [6.45, 7) is 0.739. The Hall–Kier alpha value is -2.26. The molecule has 0 aliphatic rings. The minimum absolute atomic E-state index is 0.283. The number of aromatic hydroxyl groups is 1. The van der Waals surface area contributed by atoms with Gasteiger partial charge >= 0.3 is 0 Å². The second-order valence-corrected chi connectivity index (χ2v) is 5.38. The van der Waals surface area contributed by atoms with E-state index in [2.05, 4.69) is 9.55 Å². The van der Waals surface area contributed by atoms with Crippen LogP contribution in [0.1, 0.15) is 17.0 Å². The molecule has 0 amide bonds. The Bertz CT molecular complexity index is 655. The highest BCUT2D eigenvalue weighted by molar-refractivity contribution is 6.30. The van der Waals surface area contributed by atoms with Gasteiger partial charge in [-0.05, 0) is 35.4 Å². The largest absolute Gasteiger partial charge is 0.508 e. The van der Waals surface area contributed by atoms with Gasteiger partial charge in [0, 0.05) is 30.4 Å². The third-order valence-corrected chi connectivity index (χ3v) is 3.62. The van der Waals surface area contributed by atoms with Crippen molar-refractivity contribution < 1.29 is 5.11 Å². The number of hydrogen-bond donors (Lipinski definition) is 1. The van der Waals surface area contributed by atoms with Crippen molar-refractivity contribution in [1.82, 2.24) is 9.55 Å². The van der Waals surface area contributed by atoms with Crippen molar-refractivity contribution in [2.45, 2.75) is 13.0 Å². The third kappa shape index (κ3) is 3.44. The van der Waals surface area contributed by atoms with Crippen molar-refractivity contribution in [3.8, 4) is 5.75 Å². The first-order chi connectivity index (χ1) is 10.2. The van der Waals surface area contributed by atoms with Crippen LogP contribution in [0.15, 0.2) is 60.9 Å². The fourth-order valence-electron chi connectivity index (χ4n) is 2.23. The zero-order valence-electron chi connectivity index (χ0n) is 11.4. The van der Waals surface area contributed by atoms with Crippen LogP contribution in [0.5, 0.6) is 5.75 Å². The van der Waals surface area contributed by atoms with E-state index in [1.807, 2.05) is 48.8 Å². The maximum atomic E-state index is 9.32. The van der Waals surface area contributed by atoms with Gasteiger partial charge in [0.25, 0.3) is 0 Å². The van der Waals surface area contributed by atoms with E-state index in [1.54, 1.807) is 12.1 Å². The molecule has 0 spiro atoms. The lowest BCUT2D eigenvalue weighted by Crippen LogP contribution is -2.05. The molecule has 0 fully saturated rings. The van der Waals surface area contributed by atoms with Crippen molar-refractivity contribution >= 4 is 11.6 Å². The predicted molar refractivity (Wildman–Crippen MR) is 83.7 cm³/mol. The van der Waals surface area contributed by atoms with Gasteiger partial charge in [0.15, 0.2) is 0 Å². The summed E-state index contributed by atoms with van der Waals surface area (Å²) in [6, 6.07) is 15.1. The normalized spacial score (nSPS) is 10.7. The lowest BCUT2D eigenvalue weighted by molar-refractivity contribution is 0.475. The van der Waals surface area contributed by atoms with Crippen LogP contribution in [0, 0.1) is 0 Å². The Morgan fingerprint density at radius 2 is 1.62 bits per heavy atom. The number of aromatic nitrogens is 2. The van der Waals surface area contributed by atoms with Crippen LogP contribution in [-0.2, 0) is 13.0 Å². The van der Waals surface area contributed by atoms with E-state index in [0.717, 1.165) is 29.4 Å². The molecule has 1 heterocycles. The lowest BCUT2D eigenvalue weighted by atomic mass is 10.1. The highest BCUT2D eigenvalue weighted by atomic mass is 35.5. The highest BCUT2D eigenvalue weighted by Crippen LogP contribution is 2.15. The zero-order chi connectivity index (χ0) is 14.7. The molecule has 3 rings (SSSR count). The fourth-order valence-corrected chi connectivity index (χ4v) is 2.36. The molecule has 1 aromatic heterocycles. The molecule has 0 unspecified atom stereocenters. The smallest absolute Gasteiger partial charge is 0.115 e. The highest BCUT2D eigenvalue weighted by Gasteiger charge is 2.05. The minimum Gasteiger partial charge on any atom is -0.508 e. The van der Waals surface area contributed by atoms with Gasteiger partial charge in [0.05, 0.1) is 0 Å². The molecule has 0 saturated carbocycles. The van der Waals surface area contributed by atoms with Gasteiger partial charge in [0.1, 0.15) is 11.6 Å². The van der Waals surface area contributed by atoms with Crippen molar-refractivity contribution in [2.75, 3.05) is 0 Å². The number of nitrogens with zero attached hydrogens (tertiary/aromatic N) is 2. The van der Waals surface area contributed by atoms with E-state index in [0.29, 0.717) is 0 Å². The zero-order valence-corrected chi connectivity index (χ0v) is 12.2. The second-order valence-electron chi connectivity index (χ2n) is 4.94. The van der Waals surface area contributed by atoms with Gasteiger partial charge in [-0.25, -0.2) is 4.98 Å². The molecule has 0 saturated heterocycles. The maximum absolute atomic E-state index is 9.32. The van der Waals surface area contributed by atoms with Crippen molar-refractivity contribution in [3.63, 3.8) is 0 Å². The first kappa shape index (κ1) is 13.7. The average molecular weight is 299 g/mol. The summed E-state index contributed by atoms with van der Waals surface area (Å²) < 4.78 is 2.11. The predicted octanol–water partition coefficient (Wildman–Crippen LogP) is 3.88. The number of hydrogen-bond acceptors (Lipinski definition) is 2. The Labute approximate surface area is 128 Å². The number of phenols is 1. The maximum Gasteiger partial charge on any atom is 0.115 e. The first-order valence-corrected chi connectivity index (χ1v) is 7.11. The summed E-state index contributed by atoms with van der Waals surface area (Å²) in [5.74, 6) is 1.29. The topological polar surface area (TPSA) is 38.0 Å². The third-order valence-electron chi connectivity index (χ3n) is 3.37. The van der Waals surface area contributed by atoms with Gasteiger partial charge in [-0.2, -0.15) is 0 Å². The summed E-state index contributed by atoms with van der Waals surface area (Å²) in [6.07, 6.45) is 4.55. The van der Waals surface area contributed by atoms with Crippen LogP contribution in [0.2, 0.25) is 5.02 Å². The summed E-state index contributed by atoms with van der Waals surface area (Å²) in [4.78, 5) is 4.43. The summed E-state index contributed by atoms with van der Waals surface area (Å²) in [7, 11) is 0. The van der Waals surface area contributed by atoms with Crippen molar-refractivity contribution in [3.05, 3.63) is 82.9 Å². The van der Waals surface area contributed by atoms with Crippen LogP contribution >= 0.6 is 11.6 Å². The van der Waals surface area contributed by atoms with E-state index in [-0.39, 0.29) is 5.75 Å². The number of benzene rings is 2. The SMILES string of the molecule is Oc1ccc(Cn2ccnc2Cc2ccc(Cl)cc2)cc1. The number of imidazole rings is 1. The summed E-state index contributed by atoms with van der Waals surface area (Å²) in [5.41, 5.74) is 2.31. The van der Waals surface area contributed by atoms with Gasteiger partial charge in [-0.1, -0.05) is 35.9 Å². The van der Waals surface area contributed by atoms with Gasteiger partial charge in [0.2, 0.25) is 0 Å². The van der Waals surface area contributed by atoms with Crippen LogP contribution in [0.4, 0.5) is 0 Å². The minimum atomic E-state index is 0.283. The van der Waals surface area contributed by atoms with Crippen molar-refractivity contribution in [2.24, 2.45) is 0 Å². The van der Waals surface area contributed by atoms with Gasteiger partial charge < -0.3 is 9.67 Å². The summed E-state index contributed by atoms with van der Waals surface area (Å²) in [5, 5.41) is 10.1. The van der Waals surface area contributed by atoms with E-state index in [9.17, 15) is 5.11 Å². The Kier molecular flexibility index (Phi) is 3.93. The molecule has 1 N–H and O–H groups in total. The van der Waals surface area contributed by atoms with Gasteiger partial charge in [-0.15, -0.1) is 0 Å². The molecule has 0 bridgehead atoms. The molecule has 0 aliphatic heterocycles. The molecular weight excluding hydrogens is 284 g/mol. The van der Waals surface area contributed by atoms with Crippen LogP contribution in [-0.4, -0.2) is 14.7 Å².